The number of fused-ring (bicyclic) bond motifs is 1. The van der Waals surface area contributed by atoms with Gasteiger partial charge in [-0.25, -0.2) is 9.38 Å². The van der Waals surface area contributed by atoms with E-state index in [4.69, 9.17) is 10.5 Å². The van der Waals surface area contributed by atoms with E-state index in [1.54, 1.807) is 0 Å². The topological polar surface area (TPSA) is 62.9 Å². The molecule has 2 aliphatic rings. The Hall–Kier alpha value is -2.60. The van der Waals surface area contributed by atoms with Gasteiger partial charge in [0.2, 0.25) is 0 Å². The summed E-state index contributed by atoms with van der Waals surface area (Å²) in [5.74, 6) is 0.0764. The zero-order valence-corrected chi connectivity index (χ0v) is 15.4. The Morgan fingerprint density at radius 1 is 1.11 bits per heavy atom. The van der Waals surface area contributed by atoms with Crippen molar-refractivity contribution in [1.82, 2.24) is 0 Å². The fourth-order valence-electron chi connectivity index (χ4n) is 3.80. The van der Waals surface area contributed by atoms with Crippen molar-refractivity contribution < 1.29 is 9.13 Å². The van der Waals surface area contributed by atoms with Crippen LogP contribution in [0.3, 0.4) is 0 Å². The van der Waals surface area contributed by atoms with Crippen LogP contribution in [0.4, 0.5) is 15.8 Å². The van der Waals surface area contributed by atoms with E-state index in [9.17, 15) is 4.39 Å². The molecule has 142 valence electrons. The first-order valence-electron chi connectivity index (χ1n) is 9.49. The van der Waals surface area contributed by atoms with Gasteiger partial charge in [-0.1, -0.05) is 6.07 Å². The third-order valence-electron chi connectivity index (χ3n) is 5.18. The Bertz CT molecular complexity index is 846. The molecule has 2 aromatic carbocycles. The number of nitrogens with one attached hydrogen (secondary N) is 1. The zero-order valence-electron chi connectivity index (χ0n) is 15.4. The first-order valence-corrected chi connectivity index (χ1v) is 9.49. The van der Waals surface area contributed by atoms with Gasteiger partial charge in [0.25, 0.3) is 0 Å². The number of nitrogens with two attached hydrogens (primary N) is 1. The highest BCUT2D eigenvalue weighted by molar-refractivity contribution is 5.92. The maximum absolute atomic E-state index is 13.8. The fraction of sp³-hybridized carbons (Fsp3) is 0.381. The molecule has 5 nitrogen and oxygen atoms in total. The molecule has 2 aromatic rings. The quantitative estimate of drug-likeness (QED) is 0.643. The molecule has 1 saturated heterocycles. The minimum absolute atomic E-state index is 0.262. The third kappa shape index (κ3) is 4.22. The SMILES string of the molecule is NC(=NCc1cc(F)ccc1N1CCOCC1)Nc1ccc2c(c1)CCC2. The maximum Gasteiger partial charge on any atom is 0.193 e. The van der Waals surface area contributed by atoms with Gasteiger partial charge in [-0.2, -0.15) is 0 Å². The van der Waals surface area contributed by atoms with Crippen LogP contribution in [-0.4, -0.2) is 32.3 Å². The third-order valence-corrected chi connectivity index (χ3v) is 5.18. The number of halogens is 1. The van der Waals surface area contributed by atoms with E-state index < -0.39 is 0 Å². The molecule has 27 heavy (non-hydrogen) atoms. The molecule has 1 heterocycles. The molecule has 1 fully saturated rings. The van der Waals surface area contributed by atoms with Gasteiger partial charge in [0.15, 0.2) is 5.96 Å². The Kier molecular flexibility index (Phi) is 5.25. The van der Waals surface area contributed by atoms with Gasteiger partial charge in [-0.3, -0.25) is 0 Å². The number of morpholine rings is 1. The van der Waals surface area contributed by atoms with Crippen molar-refractivity contribution in [2.45, 2.75) is 25.8 Å². The molecule has 0 spiro atoms. The summed E-state index contributed by atoms with van der Waals surface area (Å²) in [7, 11) is 0. The molecule has 0 atom stereocenters. The second-order valence-electron chi connectivity index (χ2n) is 7.04. The number of aliphatic imine (C=N–C) groups is 1. The highest BCUT2D eigenvalue weighted by Gasteiger charge is 2.15. The summed E-state index contributed by atoms with van der Waals surface area (Å²) < 4.78 is 19.2. The number of benzene rings is 2. The van der Waals surface area contributed by atoms with Crippen LogP contribution in [0.15, 0.2) is 41.4 Å². The van der Waals surface area contributed by atoms with Crippen LogP contribution in [0, 0.1) is 5.82 Å². The van der Waals surface area contributed by atoms with Crippen molar-refractivity contribution in [3.05, 3.63) is 58.9 Å². The lowest BCUT2D eigenvalue weighted by atomic mass is 10.1. The van der Waals surface area contributed by atoms with Crippen LogP contribution in [-0.2, 0) is 24.1 Å². The summed E-state index contributed by atoms with van der Waals surface area (Å²) in [6.45, 7) is 3.29. The second-order valence-corrected chi connectivity index (χ2v) is 7.04. The van der Waals surface area contributed by atoms with Crippen LogP contribution >= 0.6 is 0 Å². The van der Waals surface area contributed by atoms with Crippen LogP contribution in [0.5, 0.6) is 0 Å². The van der Waals surface area contributed by atoms with E-state index in [2.05, 4.69) is 27.3 Å². The molecule has 0 unspecified atom stereocenters. The highest BCUT2D eigenvalue weighted by Crippen LogP contribution is 2.25. The van der Waals surface area contributed by atoms with Crippen molar-refractivity contribution in [3.63, 3.8) is 0 Å². The standard InChI is InChI=1S/C21H25FN4O/c22-18-5-7-20(26-8-10-27-11-9-26)17(12-18)14-24-21(23)25-19-6-4-15-2-1-3-16(15)13-19/h4-7,12-13H,1-3,8-11,14H2,(H3,23,24,25). The van der Waals surface area contributed by atoms with Crippen molar-refractivity contribution in [2.75, 3.05) is 36.5 Å². The number of hydrogen-bond donors (Lipinski definition) is 2. The van der Waals surface area contributed by atoms with Crippen molar-refractivity contribution in [2.24, 2.45) is 10.7 Å². The van der Waals surface area contributed by atoms with Gasteiger partial charge < -0.3 is 20.7 Å². The lowest BCUT2D eigenvalue weighted by Crippen LogP contribution is -2.36. The minimum atomic E-state index is -0.262. The molecule has 3 N–H and O–H groups in total. The summed E-state index contributed by atoms with van der Waals surface area (Å²) >= 11 is 0. The van der Waals surface area contributed by atoms with Gasteiger partial charge in [-0.05, 0) is 66.3 Å². The van der Waals surface area contributed by atoms with E-state index in [0.29, 0.717) is 25.7 Å². The number of anilines is 2. The van der Waals surface area contributed by atoms with Crippen LogP contribution in [0.2, 0.25) is 0 Å². The summed E-state index contributed by atoms with van der Waals surface area (Å²) in [6.07, 6.45) is 3.49. The average molecular weight is 368 g/mol. The molecule has 0 aromatic heterocycles. The van der Waals surface area contributed by atoms with E-state index >= 15 is 0 Å². The first kappa shape index (κ1) is 17.8. The summed E-state index contributed by atoms with van der Waals surface area (Å²) in [6, 6.07) is 11.2. The van der Waals surface area contributed by atoms with Crippen LogP contribution < -0.4 is 16.0 Å². The lowest BCUT2D eigenvalue weighted by molar-refractivity contribution is 0.122. The van der Waals surface area contributed by atoms with Crippen LogP contribution in [0.1, 0.15) is 23.1 Å². The normalized spacial score (nSPS) is 17.1. The van der Waals surface area contributed by atoms with Gasteiger partial charge >= 0.3 is 0 Å². The zero-order chi connectivity index (χ0) is 18.6. The Labute approximate surface area is 159 Å². The highest BCUT2D eigenvalue weighted by atomic mass is 19.1. The monoisotopic (exact) mass is 368 g/mol. The van der Waals surface area contributed by atoms with Gasteiger partial charge in [0, 0.05) is 24.5 Å². The molecular formula is C21H25FN4O. The largest absolute Gasteiger partial charge is 0.378 e. The number of hydrogen-bond acceptors (Lipinski definition) is 3. The molecule has 0 amide bonds. The minimum Gasteiger partial charge on any atom is -0.378 e. The van der Waals surface area contributed by atoms with Gasteiger partial charge in [-0.15, -0.1) is 0 Å². The van der Waals surface area contributed by atoms with E-state index in [-0.39, 0.29) is 5.82 Å². The molecule has 4 rings (SSSR count). The Morgan fingerprint density at radius 2 is 1.93 bits per heavy atom. The summed E-state index contributed by atoms with van der Waals surface area (Å²) in [4.78, 5) is 6.64. The Morgan fingerprint density at radius 3 is 2.78 bits per heavy atom. The summed E-state index contributed by atoms with van der Waals surface area (Å²) in [5.41, 5.74) is 11.7. The van der Waals surface area contributed by atoms with E-state index in [1.807, 2.05) is 12.1 Å². The Balaban J connectivity index is 1.47. The molecule has 1 aliphatic carbocycles. The van der Waals surface area contributed by atoms with Gasteiger partial charge in [0.05, 0.1) is 19.8 Å². The van der Waals surface area contributed by atoms with Crippen molar-refractivity contribution in [3.8, 4) is 0 Å². The smallest absolute Gasteiger partial charge is 0.193 e. The van der Waals surface area contributed by atoms with E-state index in [1.165, 1.54) is 29.7 Å². The molecule has 0 radical (unpaired) electrons. The predicted molar refractivity (Wildman–Crippen MR) is 107 cm³/mol. The van der Waals surface area contributed by atoms with E-state index in [0.717, 1.165) is 42.9 Å². The molecule has 0 saturated carbocycles. The number of aryl methyl sites for hydroxylation is 2. The summed E-state index contributed by atoms with van der Waals surface area (Å²) in [5, 5.41) is 3.16. The first-order chi connectivity index (χ1) is 13.2. The lowest BCUT2D eigenvalue weighted by Gasteiger charge is -2.30. The molecule has 0 bridgehead atoms. The number of guanidine groups is 1. The molecular weight excluding hydrogens is 343 g/mol. The fourth-order valence-corrected chi connectivity index (χ4v) is 3.80. The molecule has 6 heteroatoms. The predicted octanol–water partition coefficient (Wildman–Crippen LogP) is 3.08. The number of rotatable bonds is 4. The second kappa shape index (κ2) is 7.96. The van der Waals surface area contributed by atoms with Gasteiger partial charge in [0.1, 0.15) is 5.82 Å². The number of nitrogens with zero attached hydrogens (tertiary/aromatic N) is 2. The average Bonchev–Trinajstić information content (AvgIpc) is 3.15. The van der Waals surface area contributed by atoms with Crippen molar-refractivity contribution >= 4 is 17.3 Å². The van der Waals surface area contributed by atoms with Crippen LogP contribution in [0.25, 0.3) is 0 Å². The molecule has 1 aliphatic heterocycles. The number of ether oxygens (including phenoxy) is 1. The maximum atomic E-state index is 13.8. The van der Waals surface area contributed by atoms with Crippen molar-refractivity contribution in [1.29, 1.82) is 0 Å².